The highest BCUT2D eigenvalue weighted by Crippen LogP contribution is 2.19. The zero-order valence-corrected chi connectivity index (χ0v) is 11.0. The van der Waals surface area contributed by atoms with Gasteiger partial charge in [0.15, 0.2) is 5.82 Å². The summed E-state index contributed by atoms with van der Waals surface area (Å²) in [7, 11) is 0. The number of hydrogen-bond acceptors (Lipinski definition) is 7. The van der Waals surface area contributed by atoms with Gasteiger partial charge in [0.1, 0.15) is 5.82 Å². The minimum absolute atomic E-state index is 0.0280. The molecule has 0 aliphatic heterocycles. The Labute approximate surface area is 112 Å². The Morgan fingerprint density at radius 2 is 2.37 bits per heavy atom. The number of carbonyl (C=O) groups is 1. The number of nitrogens with two attached hydrogens (primary N) is 1. The Bertz CT molecular complexity index is 636. The quantitative estimate of drug-likeness (QED) is 0.792. The molecule has 2 heterocycles. The van der Waals surface area contributed by atoms with E-state index in [1.165, 1.54) is 11.3 Å². The SMILES string of the molecule is CCOC(=O)Cc1c(N)nc(-c2cncs2)[nH]c1=O. The van der Waals surface area contributed by atoms with Gasteiger partial charge in [0.2, 0.25) is 0 Å². The van der Waals surface area contributed by atoms with E-state index in [0.717, 1.165) is 0 Å². The second-order valence-corrected chi connectivity index (χ2v) is 4.51. The predicted molar refractivity (Wildman–Crippen MR) is 70.7 cm³/mol. The van der Waals surface area contributed by atoms with Crippen LogP contribution in [-0.2, 0) is 16.0 Å². The molecule has 0 fully saturated rings. The fourth-order valence-corrected chi connectivity index (χ4v) is 2.06. The Hall–Kier alpha value is -2.22. The molecule has 0 atom stereocenters. The largest absolute Gasteiger partial charge is 0.466 e. The molecule has 7 nitrogen and oxygen atoms in total. The van der Waals surface area contributed by atoms with Gasteiger partial charge in [-0.25, -0.2) is 4.98 Å². The summed E-state index contributed by atoms with van der Waals surface area (Å²) >= 11 is 1.33. The van der Waals surface area contributed by atoms with Gasteiger partial charge in [-0.15, -0.1) is 11.3 Å². The highest BCUT2D eigenvalue weighted by molar-refractivity contribution is 7.13. The average molecular weight is 280 g/mol. The summed E-state index contributed by atoms with van der Waals surface area (Å²) < 4.78 is 4.78. The van der Waals surface area contributed by atoms with E-state index >= 15 is 0 Å². The zero-order chi connectivity index (χ0) is 13.8. The van der Waals surface area contributed by atoms with Crippen LogP contribution in [0.2, 0.25) is 0 Å². The van der Waals surface area contributed by atoms with Gasteiger partial charge >= 0.3 is 5.97 Å². The van der Waals surface area contributed by atoms with E-state index in [-0.39, 0.29) is 24.4 Å². The first-order chi connectivity index (χ1) is 9.11. The van der Waals surface area contributed by atoms with E-state index in [4.69, 9.17) is 10.5 Å². The van der Waals surface area contributed by atoms with Crippen LogP contribution in [0.25, 0.3) is 10.7 Å². The van der Waals surface area contributed by atoms with Crippen molar-refractivity contribution in [2.24, 2.45) is 0 Å². The molecule has 0 aliphatic rings. The van der Waals surface area contributed by atoms with Crippen molar-refractivity contribution >= 4 is 23.1 Å². The number of hydrogen-bond donors (Lipinski definition) is 2. The number of anilines is 1. The molecule has 3 N–H and O–H groups in total. The van der Waals surface area contributed by atoms with Gasteiger partial charge in [0.25, 0.3) is 5.56 Å². The Balaban J connectivity index is 2.33. The van der Waals surface area contributed by atoms with E-state index in [9.17, 15) is 9.59 Å². The number of carbonyl (C=O) groups excluding carboxylic acids is 1. The van der Waals surface area contributed by atoms with Crippen LogP contribution in [-0.4, -0.2) is 27.5 Å². The fraction of sp³-hybridized carbons (Fsp3) is 0.273. The second kappa shape index (κ2) is 5.61. The number of aromatic amines is 1. The maximum absolute atomic E-state index is 11.9. The number of rotatable bonds is 4. The lowest BCUT2D eigenvalue weighted by Gasteiger charge is -2.05. The van der Waals surface area contributed by atoms with Crippen molar-refractivity contribution in [1.29, 1.82) is 0 Å². The molecular weight excluding hydrogens is 268 g/mol. The first-order valence-electron chi connectivity index (χ1n) is 5.55. The molecule has 2 aromatic rings. The lowest BCUT2D eigenvalue weighted by Crippen LogP contribution is -2.22. The number of thiazole rings is 1. The maximum Gasteiger partial charge on any atom is 0.310 e. The van der Waals surface area contributed by atoms with Crippen LogP contribution in [0.3, 0.4) is 0 Å². The lowest BCUT2D eigenvalue weighted by molar-refractivity contribution is -0.142. The van der Waals surface area contributed by atoms with Crippen LogP contribution in [0, 0.1) is 0 Å². The van der Waals surface area contributed by atoms with E-state index in [1.807, 2.05) is 0 Å². The summed E-state index contributed by atoms with van der Waals surface area (Å²) in [6.07, 6.45) is 1.39. The van der Waals surface area contributed by atoms with Crippen molar-refractivity contribution in [3.05, 3.63) is 27.6 Å². The normalized spacial score (nSPS) is 10.4. The summed E-state index contributed by atoms with van der Waals surface area (Å²) in [4.78, 5) is 34.5. The summed E-state index contributed by atoms with van der Waals surface area (Å²) in [5.41, 5.74) is 7.02. The molecule has 2 rings (SSSR count). The summed E-state index contributed by atoms with van der Waals surface area (Å²) in [5, 5.41) is 0. The average Bonchev–Trinajstić information content (AvgIpc) is 2.87. The number of esters is 1. The number of H-pyrrole nitrogens is 1. The lowest BCUT2D eigenvalue weighted by atomic mass is 10.2. The molecule has 0 saturated carbocycles. The van der Waals surface area contributed by atoms with Crippen molar-refractivity contribution < 1.29 is 9.53 Å². The van der Waals surface area contributed by atoms with Crippen molar-refractivity contribution in [2.45, 2.75) is 13.3 Å². The monoisotopic (exact) mass is 280 g/mol. The standard InChI is InChI=1S/C11H12N4O3S/c1-2-18-8(16)3-6-9(12)14-10(15-11(6)17)7-4-13-5-19-7/h4-5H,2-3H2,1H3,(H3,12,14,15,17). The molecule has 100 valence electrons. The predicted octanol–water partition coefficient (Wildman–Crippen LogP) is 0.581. The van der Waals surface area contributed by atoms with Gasteiger partial charge in [-0.3, -0.25) is 14.6 Å². The topological polar surface area (TPSA) is 111 Å². The van der Waals surface area contributed by atoms with Gasteiger partial charge in [-0.2, -0.15) is 0 Å². The van der Waals surface area contributed by atoms with Gasteiger partial charge in [0.05, 0.1) is 29.0 Å². The summed E-state index contributed by atoms with van der Waals surface area (Å²) in [6, 6.07) is 0. The molecule has 8 heteroatoms. The third kappa shape index (κ3) is 2.97. The zero-order valence-electron chi connectivity index (χ0n) is 10.2. The Morgan fingerprint density at radius 3 is 2.95 bits per heavy atom. The highest BCUT2D eigenvalue weighted by atomic mass is 32.1. The van der Waals surface area contributed by atoms with Crippen LogP contribution < -0.4 is 11.3 Å². The molecule has 0 spiro atoms. The van der Waals surface area contributed by atoms with Crippen molar-refractivity contribution in [3.8, 4) is 10.7 Å². The van der Waals surface area contributed by atoms with Crippen LogP contribution in [0.5, 0.6) is 0 Å². The van der Waals surface area contributed by atoms with Crippen LogP contribution in [0.4, 0.5) is 5.82 Å². The highest BCUT2D eigenvalue weighted by Gasteiger charge is 2.15. The molecule has 0 aliphatic carbocycles. The van der Waals surface area contributed by atoms with Gasteiger partial charge in [0, 0.05) is 6.20 Å². The molecular formula is C11H12N4O3S. The number of ether oxygens (including phenoxy) is 1. The number of nitrogens with zero attached hydrogens (tertiary/aromatic N) is 2. The van der Waals surface area contributed by atoms with E-state index in [0.29, 0.717) is 10.7 Å². The van der Waals surface area contributed by atoms with E-state index in [1.54, 1.807) is 18.6 Å². The molecule has 0 amide bonds. The summed E-state index contributed by atoms with van der Waals surface area (Å²) in [5.74, 6) is -0.134. The molecule has 0 aromatic carbocycles. The minimum atomic E-state index is -0.507. The van der Waals surface area contributed by atoms with E-state index in [2.05, 4.69) is 15.0 Å². The number of aromatic nitrogens is 3. The first-order valence-corrected chi connectivity index (χ1v) is 6.43. The molecule has 2 aromatic heterocycles. The third-order valence-corrected chi connectivity index (χ3v) is 3.12. The Morgan fingerprint density at radius 1 is 1.58 bits per heavy atom. The van der Waals surface area contributed by atoms with Crippen molar-refractivity contribution in [1.82, 2.24) is 15.0 Å². The van der Waals surface area contributed by atoms with Crippen LogP contribution in [0.15, 0.2) is 16.5 Å². The van der Waals surface area contributed by atoms with Crippen molar-refractivity contribution in [2.75, 3.05) is 12.3 Å². The smallest absolute Gasteiger partial charge is 0.310 e. The Kier molecular flexibility index (Phi) is 3.91. The van der Waals surface area contributed by atoms with Gasteiger partial charge in [-0.1, -0.05) is 0 Å². The molecule has 0 saturated heterocycles. The van der Waals surface area contributed by atoms with E-state index < -0.39 is 11.5 Å². The van der Waals surface area contributed by atoms with Gasteiger partial charge in [-0.05, 0) is 6.92 Å². The van der Waals surface area contributed by atoms with Gasteiger partial charge < -0.3 is 15.5 Å². The number of nitrogens with one attached hydrogen (secondary N) is 1. The molecule has 0 unspecified atom stereocenters. The van der Waals surface area contributed by atoms with Crippen LogP contribution >= 0.6 is 11.3 Å². The maximum atomic E-state index is 11.9. The minimum Gasteiger partial charge on any atom is -0.466 e. The molecule has 19 heavy (non-hydrogen) atoms. The van der Waals surface area contributed by atoms with Crippen molar-refractivity contribution in [3.63, 3.8) is 0 Å². The molecule has 0 radical (unpaired) electrons. The second-order valence-electron chi connectivity index (χ2n) is 3.63. The summed E-state index contributed by atoms with van der Waals surface area (Å²) in [6.45, 7) is 1.94. The molecule has 0 bridgehead atoms. The van der Waals surface area contributed by atoms with Crippen LogP contribution in [0.1, 0.15) is 12.5 Å². The third-order valence-electron chi connectivity index (χ3n) is 2.34. The number of nitrogen functional groups attached to an aromatic ring is 1. The first kappa shape index (κ1) is 13.2. The fourth-order valence-electron chi connectivity index (χ4n) is 1.49.